The van der Waals surface area contributed by atoms with Crippen LogP contribution in [0.2, 0.25) is 0 Å². The summed E-state index contributed by atoms with van der Waals surface area (Å²) < 4.78 is 15.3. The molecule has 0 amide bonds. The van der Waals surface area contributed by atoms with Gasteiger partial charge < -0.3 is 5.73 Å². The Hall–Kier alpha value is -3.01. The van der Waals surface area contributed by atoms with Gasteiger partial charge in [0.05, 0.1) is 11.3 Å². The zero-order valence-corrected chi connectivity index (χ0v) is 10.5. The van der Waals surface area contributed by atoms with Crippen molar-refractivity contribution in [1.29, 1.82) is 5.26 Å². The average molecular weight is 268 g/mol. The van der Waals surface area contributed by atoms with Crippen molar-refractivity contribution < 1.29 is 4.39 Å². The minimum absolute atomic E-state index is 0.00288. The average Bonchev–Trinajstić information content (AvgIpc) is 2.88. The minimum Gasteiger partial charge on any atom is -0.384 e. The molecule has 0 aliphatic heterocycles. The van der Waals surface area contributed by atoms with E-state index in [0.717, 1.165) is 5.56 Å². The number of anilines is 1. The molecule has 2 aromatic heterocycles. The first-order valence-corrected chi connectivity index (χ1v) is 5.77. The number of fused-ring (bicyclic) bond motifs is 1. The van der Waals surface area contributed by atoms with E-state index >= 15 is 0 Å². The fraction of sp³-hybridized carbons (Fsp3) is 0.0769. The first-order chi connectivity index (χ1) is 9.60. The van der Waals surface area contributed by atoms with Gasteiger partial charge in [0.1, 0.15) is 24.0 Å². The molecule has 1 aromatic carbocycles. The number of nitriles is 1. The maximum Gasteiger partial charge on any atom is 0.254 e. The van der Waals surface area contributed by atoms with Gasteiger partial charge in [0, 0.05) is 11.6 Å². The van der Waals surface area contributed by atoms with E-state index < -0.39 is 5.82 Å². The highest BCUT2D eigenvalue weighted by atomic mass is 19.1. The number of rotatable bonds is 1. The lowest BCUT2D eigenvalue weighted by molar-refractivity contribution is 0.624. The molecule has 0 bridgehead atoms. The van der Waals surface area contributed by atoms with Crippen LogP contribution in [0.5, 0.6) is 0 Å². The molecule has 2 heterocycles. The topological polar surface area (TPSA) is 92.9 Å². The number of nitrogens with zero attached hydrogens (tertiary/aromatic N) is 5. The van der Waals surface area contributed by atoms with Gasteiger partial charge in [-0.25, -0.2) is 4.39 Å². The summed E-state index contributed by atoms with van der Waals surface area (Å²) >= 11 is 0. The van der Waals surface area contributed by atoms with Gasteiger partial charge in [0.15, 0.2) is 0 Å². The molecule has 0 saturated heterocycles. The summed E-state index contributed by atoms with van der Waals surface area (Å²) in [5.74, 6) is 0.0191. The molecule has 3 aromatic rings. The Morgan fingerprint density at radius 1 is 1.35 bits per heavy atom. The van der Waals surface area contributed by atoms with E-state index in [9.17, 15) is 4.39 Å². The molecule has 0 aliphatic carbocycles. The first-order valence-electron chi connectivity index (χ1n) is 5.77. The van der Waals surface area contributed by atoms with Crippen LogP contribution in [-0.4, -0.2) is 19.6 Å². The lowest BCUT2D eigenvalue weighted by Gasteiger charge is -2.09. The van der Waals surface area contributed by atoms with E-state index in [0.29, 0.717) is 17.0 Å². The van der Waals surface area contributed by atoms with Crippen molar-refractivity contribution >= 4 is 11.6 Å². The molecule has 0 spiro atoms. The quantitative estimate of drug-likeness (QED) is 0.725. The molecule has 0 unspecified atom stereocenters. The summed E-state index contributed by atoms with van der Waals surface area (Å²) in [7, 11) is 0. The van der Waals surface area contributed by atoms with Gasteiger partial charge in [-0.05, 0) is 24.6 Å². The Bertz CT molecular complexity index is 861. The Morgan fingerprint density at radius 2 is 2.15 bits per heavy atom. The van der Waals surface area contributed by atoms with Gasteiger partial charge in [-0.2, -0.15) is 24.8 Å². The van der Waals surface area contributed by atoms with Crippen molar-refractivity contribution in [2.75, 3.05) is 5.73 Å². The van der Waals surface area contributed by atoms with Crippen LogP contribution in [0.3, 0.4) is 0 Å². The highest BCUT2D eigenvalue weighted by Gasteiger charge is 2.13. The monoisotopic (exact) mass is 268 g/mol. The third-order valence-corrected chi connectivity index (χ3v) is 2.98. The van der Waals surface area contributed by atoms with Gasteiger partial charge in [0.25, 0.3) is 5.78 Å². The molecule has 0 atom stereocenters. The number of aromatic nitrogens is 4. The Balaban J connectivity index is 2.34. The fourth-order valence-corrected chi connectivity index (χ4v) is 2.07. The van der Waals surface area contributed by atoms with E-state index in [-0.39, 0.29) is 11.4 Å². The van der Waals surface area contributed by atoms with Crippen LogP contribution < -0.4 is 5.73 Å². The van der Waals surface area contributed by atoms with Crippen LogP contribution in [0.4, 0.5) is 10.2 Å². The van der Waals surface area contributed by atoms with Crippen molar-refractivity contribution in [1.82, 2.24) is 19.6 Å². The third kappa shape index (κ3) is 1.75. The molecule has 3 rings (SSSR count). The maximum atomic E-state index is 13.8. The predicted octanol–water partition coefficient (Wildman–Crippen LogP) is 1.69. The van der Waals surface area contributed by atoms with Crippen LogP contribution >= 0.6 is 0 Å². The van der Waals surface area contributed by atoms with E-state index in [4.69, 9.17) is 11.0 Å². The minimum atomic E-state index is -0.586. The molecular formula is C13H9FN6. The highest BCUT2D eigenvalue weighted by molar-refractivity contribution is 5.69. The molecule has 20 heavy (non-hydrogen) atoms. The van der Waals surface area contributed by atoms with Gasteiger partial charge in [-0.15, -0.1) is 0 Å². The molecule has 0 aliphatic rings. The Morgan fingerprint density at radius 3 is 2.90 bits per heavy atom. The molecule has 2 N–H and O–H groups in total. The number of hydrogen-bond acceptors (Lipinski definition) is 5. The summed E-state index contributed by atoms with van der Waals surface area (Å²) in [6.45, 7) is 1.79. The lowest BCUT2D eigenvalue weighted by atomic mass is 10.0. The summed E-state index contributed by atoms with van der Waals surface area (Å²) in [4.78, 5) is 7.99. The van der Waals surface area contributed by atoms with Crippen LogP contribution in [0, 0.1) is 24.1 Å². The summed E-state index contributed by atoms with van der Waals surface area (Å²) in [6.07, 6.45) is 1.35. The Kier molecular flexibility index (Phi) is 2.57. The van der Waals surface area contributed by atoms with Crippen molar-refractivity contribution in [2.45, 2.75) is 6.92 Å². The number of nitrogen functional groups attached to an aromatic ring is 1. The standard InChI is InChI=1S/C13H9FN6/c1-7-2-8(5-15)10(14)3-9(7)11-4-12(16)19-13-17-6-18-20(11)13/h2-4,6H,1H3,(H2,16,17,18,19). The van der Waals surface area contributed by atoms with Crippen LogP contribution in [0.25, 0.3) is 17.0 Å². The van der Waals surface area contributed by atoms with E-state index in [2.05, 4.69) is 15.1 Å². The SMILES string of the molecule is Cc1cc(C#N)c(F)cc1-c1cc(N)nc2ncnn12. The van der Waals surface area contributed by atoms with Gasteiger partial charge >= 0.3 is 0 Å². The largest absolute Gasteiger partial charge is 0.384 e. The maximum absolute atomic E-state index is 13.8. The molecule has 7 heteroatoms. The van der Waals surface area contributed by atoms with Crippen LogP contribution in [0.1, 0.15) is 11.1 Å². The third-order valence-electron chi connectivity index (χ3n) is 2.98. The number of benzene rings is 1. The number of nitrogens with two attached hydrogens (primary N) is 1. The molecule has 0 saturated carbocycles. The number of halogens is 1. The van der Waals surface area contributed by atoms with Crippen LogP contribution in [-0.2, 0) is 0 Å². The summed E-state index contributed by atoms with van der Waals surface area (Å²) in [6, 6.07) is 6.19. The van der Waals surface area contributed by atoms with Crippen molar-refractivity contribution in [2.24, 2.45) is 0 Å². The van der Waals surface area contributed by atoms with E-state index in [1.165, 1.54) is 23.0 Å². The molecular weight excluding hydrogens is 259 g/mol. The molecule has 6 nitrogen and oxygen atoms in total. The smallest absolute Gasteiger partial charge is 0.254 e. The van der Waals surface area contributed by atoms with Crippen molar-refractivity contribution in [3.63, 3.8) is 0 Å². The summed E-state index contributed by atoms with van der Waals surface area (Å²) in [5, 5.41) is 12.9. The van der Waals surface area contributed by atoms with E-state index in [1.54, 1.807) is 13.0 Å². The number of aryl methyl sites for hydroxylation is 1. The first kappa shape index (κ1) is 12.0. The van der Waals surface area contributed by atoms with Crippen molar-refractivity contribution in [3.05, 3.63) is 41.5 Å². The van der Waals surface area contributed by atoms with Crippen LogP contribution in [0.15, 0.2) is 24.5 Å². The molecule has 0 radical (unpaired) electrons. The van der Waals surface area contributed by atoms with Crippen molar-refractivity contribution in [3.8, 4) is 17.3 Å². The van der Waals surface area contributed by atoms with Gasteiger partial charge in [0.2, 0.25) is 0 Å². The second kappa shape index (κ2) is 4.28. The van der Waals surface area contributed by atoms with Gasteiger partial charge in [-0.3, -0.25) is 0 Å². The second-order valence-electron chi connectivity index (χ2n) is 4.30. The predicted molar refractivity (Wildman–Crippen MR) is 70.0 cm³/mol. The van der Waals surface area contributed by atoms with E-state index in [1.807, 2.05) is 6.07 Å². The van der Waals surface area contributed by atoms with Gasteiger partial charge in [-0.1, -0.05) is 0 Å². The fourth-order valence-electron chi connectivity index (χ4n) is 2.07. The zero-order valence-electron chi connectivity index (χ0n) is 10.5. The lowest BCUT2D eigenvalue weighted by Crippen LogP contribution is -2.02. The normalized spacial score (nSPS) is 10.7. The number of hydrogen-bond donors (Lipinski definition) is 1. The zero-order chi connectivity index (χ0) is 14.3. The second-order valence-corrected chi connectivity index (χ2v) is 4.30. The Labute approximate surface area is 113 Å². The highest BCUT2D eigenvalue weighted by Crippen LogP contribution is 2.27. The summed E-state index contributed by atoms with van der Waals surface area (Å²) in [5.41, 5.74) is 7.63. The molecule has 0 fully saturated rings. The molecule has 98 valence electrons.